The second-order valence-corrected chi connectivity index (χ2v) is 12.7. The second-order valence-electron chi connectivity index (χ2n) is 12.7. The molecule has 1 amide bonds. The summed E-state index contributed by atoms with van der Waals surface area (Å²) in [7, 11) is 0. The van der Waals surface area contributed by atoms with E-state index >= 15 is 0 Å². The molecule has 6 N–H and O–H groups in total. The first-order chi connectivity index (χ1) is 21.3. The Labute approximate surface area is 267 Å². The number of carbonyl (C=O) groups is 1. The van der Waals surface area contributed by atoms with Gasteiger partial charge in [0.15, 0.2) is 6.29 Å². The summed E-state index contributed by atoms with van der Waals surface area (Å²) in [5.74, 6) is -0.196. The van der Waals surface area contributed by atoms with Gasteiger partial charge in [-0.25, -0.2) is 0 Å². The third-order valence-corrected chi connectivity index (χ3v) is 8.61. The molecule has 1 rings (SSSR count). The van der Waals surface area contributed by atoms with Gasteiger partial charge in [-0.15, -0.1) is 0 Å². The van der Waals surface area contributed by atoms with Crippen LogP contribution in [-0.2, 0) is 14.3 Å². The number of ether oxygens (including phenoxy) is 2. The first-order valence-electron chi connectivity index (χ1n) is 17.9. The minimum absolute atomic E-state index is 0.187. The Morgan fingerprint density at radius 3 is 1.77 bits per heavy atom. The summed E-state index contributed by atoms with van der Waals surface area (Å²) >= 11 is 0. The first-order valence-corrected chi connectivity index (χ1v) is 17.9. The van der Waals surface area contributed by atoms with Gasteiger partial charge in [0, 0.05) is 6.42 Å². The van der Waals surface area contributed by atoms with Crippen molar-refractivity contribution in [1.82, 2.24) is 5.32 Å². The number of aliphatic hydroxyl groups excluding tert-OH is 5. The highest BCUT2D eigenvalue weighted by atomic mass is 16.7. The highest BCUT2D eigenvalue weighted by Gasteiger charge is 2.44. The first kappa shape index (κ1) is 41.0. The van der Waals surface area contributed by atoms with E-state index in [4.69, 9.17) is 9.47 Å². The Bertz CT molecular complexity index is 706. The average Bonchev–Trinajstić information content (AvgIpc) is 3.02. The van der Waals surface area contributed by atoms with Crippen molar-refractivity contribution in [2.24, 2.45) is 0 Å². The highest BCUT2D eigenvalue weighted by Crippen LogP contribution is 2.22. The quantitative estimate of drug-likeness (QED) is 0.0495. The Kier molecular flexibility index (Phi) is 25.2. The van der Waals surface area contributed by atoms with E-state index in [1.54, 1.807) is 6.08 Å². The Hall–Kier alpha value is -1.07. The molecule has 0 aromatic rings. The topological polar surface area (TPSA) is 149 Å². The highest BCUT2D eigenvalue weighted by molar-refractivity contribution is 5.76. The van der Waals surface area contributed by atoms with Crippen LogP contribution in [-0.4, -0.2) is 87.5 Å². The number of rotatable bonds is 28. The van der Waals surface area contributed by atoms with Crippen molar-refractivity contribution in [1.29, 1.82) is 0 Å². The van der Waals surface area contributed by atoms with Gasteiger partial charge >= 0.3 is 0 Å². The molecule has 260 valence electrons. The lowest BCUT2D eigenvalue weighted by atomic mass is 9.99. The predicted molar refractivity (Wildman–Crippen MR) is 175 cm³/mol. The lowest BCUT2D eigenvalue weighted by Crippen LogP contribution is -2.60. The summed E-state index contributed by atoms with van der Waals surface area (Å²) in [4.78, 5) is 12.6. The molecular weight excluding hydrogens is 562 g/mol. The van der Waals surface area contributed by atoms with Crippen molar-refractivity contribution >= 4 is 5.91 Å². The number of hydrogen-bond donors (Lipinski definition) is 6. The number of aliphatic hydroxyl groups is 5. The number of nitrogens with one attached hydrogen (secondary N) is 1. The molecule has 44 heavy (non-hydrogen) atoms. The molecule has 1 fully saturated rings. The molecule has 0 bridgehead atoms. The van der Waals surface area contributed by atoms with Gasteiger partial charge in [-0.05, 0) is 19.3 Å². The maximum absolute atomic E-state index is 12.6. The largest absolute Gasteiger partial charge is 0.394 e. The fourth-order valence-electron chi connectivity index (χ4n) is 5.62. The number of hydrogen-bond acceptors (Lipinski definition) is 8. The zero-order valence-electron chi connectivity index (χ0n) is 27.9. The Morgan fingerprint density at radius 2 is 1.25 bits per heavy atom. The van der Waals surface area contributed by atoms with Crippen LogP contribution in [0.15, 0.2) is 12.2 Å². The van der Waals surface area contributed by atoms with Crippen LogP contribution in [0.4, 0.5) is 0 Å². The van der Waals surface area contributed by atoms with Crippen LogP contribution >= 0.6 is 0 Å². The van der Waals surface area contributed by atoms with Gasteiger partial charge in [0.25, 0.3) is 0 Å². The molecule has 1 saturated heterocycles. The van der Waals surface area contributed by atoms with E-state index < -0.39 is 49.5 Å². The van der Waals surface area contributed by atoms with Gasteiger partial charge < -0.3 is 40.3 Å². The molecule has 0 aliphatic carbocycles. The smallest absolute Gasteiger partial charge is 0.220 e. The molecule has 0 aromatic carbocycles. The summed E-state index contributed by atoms with van der Waals surface area (Å²) in [5.41, 5.74) is 0. The van der Waals surface area contributed by atoms with Crippen molar-refractivity contribution in [2.45, 2.75) is 192 Å². The van der Waals surface area contributed by atoms with Crippen molar-refractivity contribution < 1.29 is 39.8 Å². The van der Waals surface area contributed by atoms with Crippen LogP contribution in [0.25, 0.3) is 0 Å². The van der Waals surface area contributed by atoms with Crippen LogP contribution < -0.4 is 5.32 Å². The maximum Gasteiger partial charge on any atom is 0.220 e. The minimum atomic E-state index is -1.56. The number of unbranched alkanes of at least 4 members (excludes halogenated alkanes) is 18. The van der Waals surface area contributed by atoms with Crippen LogP contribution in [0.3, 0.4) is 0 Å². The van der Waals surface area contributed by atoms with Crippen LogP contribution in [0, 0.1) is 0 Å². The molecule has 1 heterocycles. The van der Waals surface area contributed by atoms with E-state index in [-0.39, 0.29) is 12.5 Å². The van der Waals surface area contributed by atoms with Crippen molar-refractivity contribution in [3.05, 3.63) is 12.2 Å². The zero-order chi connectivity index (χ0) is 32.4. The molecule has 0 aromatic heterocycles. The number of amides is 1. The fraction of sp³-hybridized carbons (Fsp3) is 0.914. The number of allylic oxidation sites excluding steroid dienone is 1. The molecule has 0 spiro atoms. The molecule has 9 nitrogen and oxygen atoms in total. The van der Waals surface area contributed by atoms with Crippen molar-refractivity contribution in [2.75, 3.05) is 13.2 Å². The summed E-state index contributed by atoms with van der Waals surface area (Å²) in [6, 6.07) is -0.793. The van der Waals surface area contributed by atoms with Crippen LogP contribution in [0.5, 0.6) is 0 Å². The third kappa shape index (κ3) is 18.8. The average molecular weight is 630 g/mol. The summed E-state index contributed by atoms with van der Waals surface area (Å²) in [6.45, 7) is 3.62. The van der Waals surface area contributed by atoms with E-state index in [9.17, 15) is 30.3 Å². The van der Waals surface area contributed by atoms with Gasteiger partial charge in [-0.3, -0.25) is 4.79 Å². The summed E-state index contributed by atoms with van der Waals surface area (Å²) in [6.07, 6.45) is 20.3. The summed E-state index contributed by atoms with van der Waals surface area (Å²) in [5, 5.41) is 53.4. The Balaban J connectivity index is 2.36. The molecule has 7 unspecified atom stereocenters. The fourth-order valence-corrected chi connectivity index (χ4v) is 5.62. The van der Waals surface area contributed by atoms with Crippen molar-refractivity contribution in [3.8, 4) is 0 Å². The molecule has 9 heteroatoms. The minimum Gasteiger partial charge on any atom is -0.394 e. The lowest BCUT2D eigenvalue weighted by molar-refractivity contribution is -0.302. The van der Waals surface area contributed by atoms with E-state index in [2.05, 4.69) is 19.2 Å². The molecule has 1 aliphatic rings. The van der Waals surface area contributed by atoms with Crippen LogP contribution in [0.2, 0.25) is 0 Å². The SMILES string of the molecule is CCCCCCCCCCCCCCCCC/C=C/C(O)C(COC1OC(CO)C(O)C(O)C1O)NC(=O)CCCCCC. The molecular formula is C35H67NO8. The van der Waals surface area contributed by atoms with Gasteiger partial charge in [-0.1, -0.05) is 135 Å². The molecule has 1 aliphatic heterocycles. The Morgan fingerprint density at radius 1 is 0.750 bits per heavy atom. The lowest BCUT2D eigenvalue weighted by Gasteiger charge is -2.40. The maximum atomic E-state index is 12.6. The summed E-state index contributed by atoms with van der Waals surface area (Å²) < 4.78 is 11.1. The van der Waals surface area contributed by atoms with Gasteiger partial charge in [0.2, 0.25) is 5.91 Å². The normalized spacial score (nSPS) is 23.7. The molecule has 0 radical (unpaired) electrons. The molecule has 7 atom stereocenters. The second kappa shape index (κ2) is 27.1. The van der Waals surface area contributed by atoms with Gasteiger partial charge in [0.1, 0.15) is 24.4 Å². The van der Waals surface area contributed by atoms with E-state index in [0.717, 1.165) is 44.9 Å². The van der Waals surface area contributed by atoms with Crippen molar-refractivity contribution in [3.63, 3.8) is 0 Å². The van der Waals surface area contributed by atoms with E-state index in [0.29, 0.717) is 6.42 Å². The predicted octanol–water partition coefficient (Wildman–Crippen LogP) is 5.44. The van der Waals surface area contributed by atoms with Gasteiger partial charge in [-0.2, -0.15) is 0 Å². The monoisotopic (exact) mass is 629 g/mol. The standard InChI is InChI=1S/C35H67NO8/c1-3-5-7-9-10-11-12-13-14-15-16-17-18-19-20-21-22-24-29(38)28(36-31(39)25-23-8-6-4-2)27-43-35-34(42)33(41)32(40)30(26-37)44-35/h22,24,28-30,32-35,37-38,40-42H,3-21,23,25-27H2,1-2H3,(H,36,39)/b24-22+. The molecule has 0 saturated carbocycles. The van der Waals surface area contributed by atoms with E-state index in [1.807, 2.05) is 6.08 Å². The number of carbonyl (C=O) groups excluding carboxylic acids is 1. The van der Waals surface area contributed by atoms with Gasteiger partial charge in [0.05, 0.1) is 25.4 Å². The van der Waals surface area contributed by atoms with E-state index in [1.165, 1.54) is 83.5 Å². The van der Waals surface area contributed by atoms with Crippen LogP contribution in [0.1, 0.15) is 149 Å². The third-order valence-electron chi connectivity index (χ3n) is 8.61. The zero-order valence-corrected chi connectivity index (χ0v) is 27.9.